The summed E-state index contributed by atoms with van der Waals surface area (Å²) >= 11 is 0. The summed E-state index contributed by atoms with van der Waals surface area (Å²) in [6, 6.07) is 8.39. The van der Waals surface area contributed by atoms with Crippen molar-refractivity contribution in [3.63, 3.8) is 0 Å². The molecule has 2 N–H and O–H groups in total. The van der Waals surface area contributed by atoms with Gasteiger partial charge in [0.05, 0.1) is 30.3 Å². The van der Waals surface area contributed by atoms with E-state index in [1.807, 2.05) is 41.1 Å². The third kappa shape index (κ3) is 2.94. The molecule has 1 aliphatic carbocycles. The molecule has 0 amide bonds. The predicted octanol–water partition coefficient (Wildman–Crippen LogP) is 2.94. The Morgan fingerprint density at radius 3 is 2.93 bits per heavy atom. The summed E-state index contributed by atoms with van der Waals surface area (Å²) in [5, 5.41) is 17.8. The molecule has 1 saturated carbocycles. The predicted molar refractivity (Wildman–Crippen MR) is 104 cm³/mol. The van der Waals surface area contributed by atoms with Crippen LogP contribution < -0.4 is 10.1 Å². The Balaban J connectivity index is 1.57. The lowest BCUT2D eigenvalue weighted by Crippen LogP contribution is -2.15. The molecule has 5 rings (SSSR count). The number of ether oxygens (including phenoxy) is 1. The highest BCUT2D eigenvalue weighted by molar-refractivity contribution is 5.70. The molecular formula is C19H20N8O. The van der Waals surface area contributed by atoms with Crippen LogP contribution in [0.5, 0.6) is 5.75 Å². The molecule has 9 heteroatoms. The van der Waals surface area contributed by atoms with Gasteiger partial charge in [0, 0.05) is 18.3 Å². The van der Waals surface area contributed by atoms with Crippen LogP contribution in [0.2, 0.25) is 0 Å². The zero-order valence-corrected chi connectivity index (χ0v) is 15.5. The van der Waals surface area contributed by atoms with Crippen molar-refractivity contribution in [2.45, 2.75) is 31.7 Å². The third-order valence-electron chi connectivity index (χ3n) is 5.13. The molecular weight excluding hydrogens is 356 g/mol. The van der Waals surface area contributed by atoms with Gasteiger partial charge in [-0.15, -0.1) is 10.2 Å². The first-order chi connectivity index (χ1) is 13.8. The summed E-state index contributed by atoms with van der Waals surface area (Å²) < 4.78 is 7.45. The number of pyridine rings is 2. The minimum absolute atomic E-state index is 0.461. The van der Waals surface area contributed by atoms with Crippen molar-refractivity contribution in [1.29, 1.82) is 0 Å². The number of H-pyrrole nitrogens is 1. The SMILES string of the molecule is COc1cc2ncc(-c3cccc(NC4CCCC4)n3)n2cc1-c1nn[nH]n1. The Morgan fingerprint density at radius 1 is 1.25 bits per heavy atom. The van der Waals surface area contributed by atoms with Crippen LogP contribution in [0.15, 0.2) is 36.7 Å². The van der Waals surface area contributed by atoms with Crippen LogP contribution in [0, 0.1) is 0 Å². The molecule has 1 aliphatic rings. The smallest absolute Gasteiger partial charge is 0.209 e. The van der Waals surface area contributed by atoms with E-state index in [4.69, 9.17) is 9.72 Å². The maximum Gasteiger partial charge on any atom is 0.209 e. The number of imidazole rings is 1. The van der Waals surface area contributed by atoms with Crippen molar-refractivity contribution < 1.29 is 4.74 Å². The fourth-order valence-corrected chi connectivity index (χ4v) is 3.74. The van der Waals surface area contributed by atoms with E-state index < -0.39 is 0 Å². The zero-order chi connectivity index (χ0) is 18.9. The molecule has 4 aromatic rings. The maximum atomic E-state index is 5.49. The Kier molecular flexibility index (Phi) is 4.12. The lowest BCUT2D eigenvalue weighted by Gasteiger charge is -2.13. The average molecular weight is 376 g/mol. The molecule has 0 saturated heterocycles. The topological polar surface area (TPSA) is 106 Å². The average Bonchev–Trinajstić information content (AvgIpc) is 3.48. The molecule has 0 spiro atoms. The zero-order valence-electron chi connectivity index (χ0n) is 15.5. The van der Waals surface area contributed by atoms with Crippen LogP contribution in [-0.4, -0.2) is 48.1 Å². The standard InChI is InChI=1S/C19H20N8O/c1-28-16-9-18-20-10-15(27(18)11-13(16)19-23-25-26-24-19)14-7-4-8-17(22-14)21-12-5-2-3-6-12/h4,7-12H,2-3,5-6H2,1H3,(H,21,22)(H,23,24,25,26). The Hall–Kier alpha value is -3.49. The maximum absolute atomic E-state index is 5.49. The molecule has 28 heavy (non-hydrogen) atoms. The second-order valence-electron chi connectivity index (χ2n) is 6.90. The number of methoxy groups -OCH3 is 1. The lowest BCUT2D eigenvalue weighted by molar-refractivity contribution is 0.416. The first-order valence-corrected chi connectivity index (χ1v) is 9.35. The van der Waals surface area contributed by atoms with Gasteiger partial charge in [-0.05, 0) is 30.2 Å². The monoisotopic (exact) mass is 376 g/mol. The Labute approximate surface area is 161 Å². The van der Waals surface area contributed by atoms with Crippen molar-refractivity contribution in [2.75, 3.05) is 12.4 Å². The summed E-state index contributed by atoms with van der Waals surface area (Å²) in [7, 11) is 1.61. The van der Waals surface area contributed by atoms with Gasteiger partial charge in [0.2, 0.25) is 5.82 Å². The highest BCUT2D eigenvalue weighted by atomic mass is 16.5. The molecule has 0 bridgehead atoms. The number of aromatic nitrogens is 7. The van der Waals surface area contributed by atoms with Crippen molar-refractivity contribution in [2.24, 2.45) is 0 Å². The van der Waals surface area contributed by atoms with Crippen molar-refractivity contribution in [1.82, 2.24) is 35.0 Å². The highest BCUT2D eigenvalue weighted by Gasteiger charge is 2.17. The lowest BCUT2D eigenvalue weighted by atomic mass is 10.2. The van der Waals surface area contributed by atoms with Gasteiger partial charge in [0.15, 0.2) is 0 Å². The Morgan fingerprint density at radius 2 is 2.14 bits per heavy atom. The number of hydrogen-bond acceptors (Lipinski definition) is 7. The normalized spacial score (nSPS) is 14.6. The fraction of sp³-hybridized carbons (Fsp3) is 0.316. The van der Waals surface area contributed by atoms with Crippen molar-refractivity contribution in [3.05, 3.63) is 36.7 Å². The third-order valence-corrected chi connectivity index (χ3v) is 5.13. The van der Waals surface area contributed by atoms with E-state index in [1.54, 1.807) is 7.11 Å². The van der Waals surface area contributed by atoms with E-state index in [-0.39, 0.29) is 0 Å². The van der Waals surface area contributed by atoms with Gasteiger partial charge >= 0.3 is 0 Å². The number of fused-ring (bicyclic) bond motifs is 1. The van der Waals surface area contributed by atoms with Crippen LogP contribution in [0.4, 0.5) is 5.82 Å². The molecule has 0 unspecified atom stereocenters. The second-order valence-corrected chi connectivity index (χ2v) is 6.90. The number of aromatic amines is 1. The number of rotatable bonds is 5. The first-order valence-electron chi connectivity index (χ1n) is 9.35. The molecule has 9 nitrogen and oxygen atoms in total. The van der Waals surface area contributed by atoms with E-state index in [1.165, 1.54) is 25.7 Å². The molecule has 1 fully saturated rings. The largest absolute Gasteiger partial charge is 0.496 e. The number of anilines is 1. The van der Waals surface area contributed by atoms with E-state index in [0.29, 0.717) is 17.6 Å². The second kappa shape index (κ2) is 6.91. The van der Waals surface area contributed by atoms with E-state index >= 15 is 0 Å². The quantitative estimate of drug-likeness (QED) is 0.551. The summed E-state index contributed by atoms with van der Waals surface area (Å²) in [6.07, 6.45) is 8.69. The molecule has 0 radical (unpaired) electrons. The molecule has 0 aromatic carbocycles. The van der Waals surface area contributed by atoms with E-state index in [2.05, 4.69) is 30.9 Å². The molecule has 0 atom stereocenters. The summed E-state index contributed by atoms with van der Waals surface area (Å²) in [5.41, 5.74) is 3.22. The number of nitrogens with one attached hydrogen (secondary N) is 2. The van der Waals surface area contributed by atoms with E-state index in [0.717, 1.165) is 28.4 Å². The highest BCUT2D eigenvalue weighted by Crippen LogP contribution is 2.31. The molecule has 0 aliphatic heterocycles. The number of tetrazole rings is 1. The fourth-order valence-electron chi connectivity index (χ4n) is 3.74. The minimum Gasteiger partial charge on any atom is -0.496 e. The molecule has 4 aromatic heterocycles. The van der Waals surface area contributed by atoms with Gasteiger partial charge in [-0.3, -0.25) is 4.40 Å². The summed E-state index contributed by atoms with van der Waals surface area (Å²) in [5.74, 6) is 1.99. The number of nitrogens with zero attached hydrogens (tertiary/aromatic N) is 6. The van der Waals surface area contributed by atoms with Crippen molar-refractivity contribution in [3.8, 4) is 28.5 Å². The van der Waals surface area contributed by atoms with E-state index in [9.17, 15) is 0 Å². The van der Waals surface area contributed by atoms with Gasteiger partial charge in [0.1, 0.15) is 17.2 Å². The van der Waals surface area contributed by atoms with Gasteiger partial charge in [0.25, 0.3) is 0 Å². The number of hydrogen-bond donors (Lipinski definition) is 2. The summed E-state index contributed by atoms with van der Waals surface area (Å²) in [4.78, 5) is 9.33. The van der Waals surface area contributed by atoms with Gasteiger partial charge in [-0.2, -0.15) is 5.21 Å². The van der Waals surface area contributed by atoms with Crippen LogP contribution in [0.3, 0.4) is 0 Å². The first kappa shape index (κ1) is 16.7. The van der Waals surface area contributed by atoms with Gasteiger partial charge in [-0.25, -0.2) is 9.97 Å². The van der Waals surface area contributed by atoms with Crippen LogP contribution in [-0.2, 0) is 0 Å². The van der Waals surface area contributed by atoms with Gasteiger partial charge in [-0.1, -0.05) is 18.9 Å². The summed E-state index contributed by atoms with van der Waals surface area (Å²) in [6.45, 7) is 0. The minimum atomic E-state index is 0.461. The Bertz CT molecular complexity index is 1100. The van der Waals surface area contributed by atoms with Crippen molar-refractivity contribution >= 4 is 11.5 Å². The van der Waals surface area contributed by atoms with Crippen LogP contribution in [0.1, 0.15) is 25.7 Å². The van der Waals surface area contributed by atoms with Gasteiger partial charge < -0.3 is 10.1 Å². The van der Waals surface area contributed by atoms with Crippen LogP contribution in [0.25, 0.3) is 28.4 Å². The molecule has 4 heterocycles. The van der Waals surface area contributed by atoms with Crippen LogP contribution >= 0.6 is 0 Å². The molecule has 142 valence electrons.